The maximum Gasteiger partial charge on any atom is 0.149 e. The monoisotopic (exact) mass is 237 g/mol. The topological polar surface area (TPSA) is 50.9 Å². The second-order valence-corrected chi connectivity index (χ2v) is 3.88. The number of fused-ring (bicyclic) bond motifs is 1. The first-order chi connectivity index (χ1) is 8.08. The molecule has 1 aromatic heterocycles. The van der Waals surface area contributed by atoms with Gasteiger partial charge in [0.15, 0.2) is 0 Å². The second kappa shape index (κ2) is 4.25. The SMILES string of the molecule is CCc1cc2c(F)c(C)cc(F)c2nc1NN. The highest BCUT2D eigenvalue weighted by Gasteiger charge is 2.14. The van der Waals surface area contributed by atoms with Crippen LogP contribution in [-0.4, -0.2) is 4.98 Å². The Kier molecular flexibility index (Phi) is 2.93. The Morgan fingerprint density at radius 2 is 2.06 bits per heavy atom. The summed E-state index contributed by atoms with van der Waals surface area (Å²) in [7, 11) is 0. The highest BCUT2D eigenvalue weighted by atomic mass is 19.1. The molecule has 0 spiro atoms. The van der Waals surface area contributed by atoms with Crippen molar-refractivity contribution in [3.8, 4) is 0 Å². The molecule has 0 aliphatic rings. The zero-order valence-corrected chi connectivity index (χ0v) is 9.64. The number of pyridine rings is 1. The molecule has 3 nitrogen and oxygen atoms in total. The van der Waals surface area contributed by atoms with Gasteiger partial charge in [-0.25, -0.2) is 19.6 Å². The van der Waals surface area contributed by atoms with Crippen LogP contribution in [0.5, 0.6) is 0 Å². The predicted molar refractivity (Wildman–Crippen MR) is 63.6 cm³/mol. The molecule has 0 fully saturated rings. The average Bonchev–Trinajstić information content (AvgIpc) is 2.34. The second-order valence-electron chi connectivity index (χ2n) is 3.88. The van der Waals surface area contributed by atoms with Gasteiger partial charge in [-0.05, 0) is 36.6 Å². The summed E-state index contributed by atoms with van der Waals surface area (Å²) < 4.78 is 27.6. The molecule has 0 unspecified atom stereocenters. The van der Waals surface area contributed by atoms with Crippen LogP contribution in [0.3, 0.4) is 0 Å². The first-order valence-corrected chi connectivity index (χ1v) is 5.33. The fourth-order valence-electron chi connectivity index (χ4n) is 1.83. The van der Waals surface area contributed by atoms with Crippen LogP contribution >= 0.6 is 0 Å². The van der Waals surface area contributed by atoms with E-state index in [0.717, 1.165) is 11.6 Å². The number of nitrogens with two attached hydrogens (primary N) is 1. The van der Waals surface area contributed by atoms with Crippen LogP contribution in [0.25, 0.3) is 10.9 Å². The van der Waals surface area contributed by atoms with E-state index in [1.54, 1.807) is 6.07 Å². The lowest BCUT2D eigenvalue weighted by Crippen LogP contribution is -2.11. The minimum atomic E-state index is -0.543. The molecular weight excluding hydrogens is 224 g/mol. The zero-order valence-electron chi connectivity index (χ0n) is 9.64. The van der Waals surface area contributed by atoms with Crippen molar-refractivity contribution in [2.45, 2.75) is 20.3 Å². The summed E-state index contributed by atoms with van der Waals surface area (Å²) in [5.74, 6) is 4.70. The van der Waals surface area contributed by atoms with Gasteiger partial charge in [-0.2, -0.15) is 0 Å². The standard InChI is InChI=1S/C12H13F2N3/c1-3-7-5-8-10(14)6(2)4-9(13)11(8)16-12(7)17-15/h4-5H,3,15H2,1-2H3,(H,16,17). The Labute approximate surface area is 97.6 Å². The van der Waals surface area contributed by atoms with Gasteiger partial charge in [0.2, 0.25) is 0 Å². The summed E-state index contributed by atoms with van der Waals surface area (Å²) in [5, 5.41) is 0.193. The first kappa shape index (κ1) is 11.7. The van der Waals surface area contributed by atoms with Gasteiger partial charge in [0.1, 0.15) is 23.0 Å². The van der Waals surface area contributed by atoms with Gasteiger partial charge in [-0.1, -0.05) is 6.92 Å². The number of aromatic nitrogens is 1. The molecule has 2 rings (SSSR count). The van der Waals surface area contributed by atoms with E-state index < -0.39 is 11.6 Å². The summed E-state index contributed by atoms with van der Waals surface area (Å²) in [6.45, 7) is 3.42. The minimum absolute atomic E-state index is 0.00162. The molecule has 90 valence electrons. The van der Waals surface area contributed by atoms with E-state index in [0.29, 0.717) is 12.2 Å². The molecule has 2 aromatic rings. The molecule has 3 N–H and O–H groups in total. The number of hydrazine groups is 1. The molecule has 1 aromatic carbocycles. The van der Waals surface area contributed by atoms with E-state index in [2.05, 4.69) is 10.4 Å². The summed E-state index contributed by atoms with van der Waals surface area (Å²) in [4.78, 5) is 4.01. The molecule has 0 aliphatic carbocycles. The van der Waals surface area contributed by atoms with E-state index in [-0.39, 0.29) is 16.5 Å². The van der Waals surface area contributed by atoms with Crippen molar-refractivity contribution in [1.29, 1.82) is 0 Å². The van der Waals surface area contributed by atoms with Crippen molar-refractivity contribution in [3.63, 3.8) is 0 Å². The Balaban J connectivity index is 2.87. The smallest absolute Gasteiger partial charge is 0.149 e. The van der Waals surface area contributed by atoms with Gasteiger partial charge < -0.3 is 5.43 Å². The lowest BCUT2D eigenvalue weighted by molar-refractivity contribution is 0.607. The van der Waals surface area contributed by atoms with Gasteiger partial charge in [0.25, 0.3) is 0 Å². The molecule has 0 amide bonds. The van der Waals surface area contributed by atoms with Crippen molar-refractivity contribution in [3.05, 3.63) is 34.9 Å². The van der Waals surface area contributed by atoms with Crippen LogP contribution in [0.4, 0.5) is 14.6 Å². The van der Waals surface area contributed by atoms with E-state index >= 15 is 0 Å². The van der Waals surface area contributed by atoms with Crippen molar-refractivity contribution in [1.82, 2.24) is 4.98 Å². The van der Waals surface area contributed by atoms with E-state index in [1.165, 1.54) is 6.92 Å². The molecule has 0 saturated carbocycles. The minimum Gasteiger partial charge on any atom is -0.308 e. The zero-order chi connectivity index (χ0) is 12.6. The molecule has 0 saturated heterocycles. The number of rotatable bonds is 2. The van der Waals surface area contributed by atoms with Gasteiger partial charge in [0, 0.05) is 5.39 Å². The van der Waals surface area contributed by atoms with Crippen LogP contribution in [-0.2, 0) is 6.42 Å². The number of aryl methyl sites for hydroxylation is 2. The van der Waals surface area contributed by atoms with Crippen LogP contribution in [0, 0.1) is 18.6 Å². The molecular formula is C12H13F2N3. The fraction of sp³-hybridized carbons (Fsp3) is 0.250. The molecule has 0 bridgehead atoms. The molecule has 0 radical (unpaired) electrons. The van der Waals surface area contributed by atoms with Gasteiger partial charge >= 0.3 is 0 Å². The number of hydrogen-bond acceptors (Lipinski definition) is 3. The Morgan fingerprint density at radius 3 is 2.65 bits per heavy atom. The maximum atomic E-state index is 13.9. The molecule has 0 aliphatic heterocycles. The molecule has 17 heavy (non-hydrogen) atoms. The Hall–Kier alpha value is -1.75. The maximum absolute atomic E-state index is 13.9. The number of hydrogen-bond donors (Lipinski definition) is 2. The van der Waals surface area contributed by atoms with E-state index in [4.69, 9.17) is 5.84 Å². The number of halogens is 2. The van der Waals surface area contributed by atoms with Crippen LogP contribution < -0.4 is 11.3 Å². The number of benzene rings is 1. The van der Waals surface area contributed by atoms with E-state index in [1.807, 2.05) is 6.92 Å². The van der Waals surface area contributed by atoms with Crippen LogP contribution in [0.1, 0.15) is 18.1 Å². The van der Waals surface area contributed by atoms with Gasteiger partial charge in [-0.3, -0.25) is 0 Å². The Bertz CT molecular complexity index is 582. The predicted octanol–water partition coefficient (Wildman–Crippen LogP) is 2.67. The number of nitrogens with one attached hydrogen (secondary N) is 1. The highest BCUT2D eigenvalue weighted by molar-refractivity contribution is 5.83. The molecule has 1 heterocycles. The quantitative estimate of drug-likeness (QED) is 0.623. The van der Waals surface area contributed by atoms with Crippen molar-refractivity contribution < 1.29 is 8.78 Å². The van der Waals surface area contributed by atoms with Gasteiger partial charge in [0.05, 0.1) is 0 Å². The summed E-state index contributed by atoms with van der Waals surface area (Å²) >= 11 is 0. The first-order valence-electron chi connectivity index (χ1n) is 5.33. The molecule has 0 atom stereocenters. The normalized spacial score (nSPS) is 10.9. The summed E-state index contributed by atoms with van der Waals surface area (Å²) in [6.07, 6.45) is 0.636. The Morgan fingerprint density at radius 1 is 1.35 bits per heavy atom. The average molecular weight is 237 g/mol. The molecule has 5 heteroatoms. The third kappa shape index (κ3) is 1.82. The van der Waals surface area contributed by atoms with Crippen molar-refractivity contribution in [2.75, 3.05) is 5.43 Å². The third-order valence-electron chi connectivity index (χ3n) is 2.77. The van der Waals surface area contributed by atoms with Crippen molar-refractivity contribution >= 4 is 16.7 Å². The van der Waals surface area contributed by atoms with Crippen LogP contribution in [0.2, 0.25) is 0 Å². The van der Waals surface area contributed by atoms with Gasteiger partial charge in [-0.15, -0.1) is 0 Å². The number of nitrogens with zero attached hydrogens (tertiary/aromatic N) is 1. The van der Waals surface area contributed by atoms with Crippen molar-refractivity contribution in [2.24, 2.45) is 5.84 Å². The lowest BCUT2D eigenvalue weighted by atomic mass is 10.1. The third-order valence-corrected chi connectivity index (χ3v) is 2.77. The summed E-state index contributed by atoms with van der Waals surface area (Å²) in [5.41, 5.74) is 3.42. The highest BCUT2D eigenvalue weighted by Crippen LogP contribution is 2.26. The van der Waals surface area contributed by atoms with E-state index in [9.17, 15) is 8.78 Å². The number of nitrogen functional groups attached to an aromatic ring is 1. The van der Waals surface area contributed by atoms with Crippen LogP contribution in [0.15, 0.2) is 12.1 Å². The summed E-state index contributed by atoms with van der Waals surface area (Å²) in [6, 6.07) is 2.72. The number of anilines is 1. The fourth-order valence-corrected chi connectivity index (χ4v) is 1.83. The lowest BCUT2D eigenvalue weighted by Gasteiger charge is -2.10. The largest absolute Gasteiger partial charge is 0.308 e.